The van der Waals surface area contributed by atoms with Crippen molar-refractivity contribution in [2.24, 2.45) is 0 Å². The number of hydrogen-bond acceptors (Lipinski definition) is 6. The van der Waals surface area contributed by atoms with Gasteiger partial charge in [0.2, 0.25) is 0 Å². The van der Waals surface area contributed by atoms with Gasteiger partial charge in [-0.15, -0.1) is 0 Å². The highest BCUT2D eigenvalue weighted by Crippen LogP contribution is 2.43. The average molecular weight is 605 g/mol. The van der Waals surface area contributed by atoms with Crippen LogP contribution in [-0.2, 0) is 5.67 Å². The summed E-state index contributed by atoms with van der Waals surface area (Å²) in [6, 6.07) is 8.92. The topological polar surface area (TPSA) is 89.9 Å². The molecular formula is C28H30ClF5N2O5. The van der Waals surface area contributed by atoms with Crippen LogP contribution in [0.4, 0.5) is 22.0 Å². The molecule has 13 heteroatoms. The first-order chi connectivity index (χ1) is 19.3. The normalized spacial score (nSPS) is 13.3. The Bertz CT molecular complexity index is 1340. The predicted molar refractivity (Wildman–Crippen MR) is 144 cm³/mol. The van der Waals surface area contributed by atoms with Gasteiger partial charge in [-0.05, 0) is 55.5 Å². The fraction of sp³-hybridized carbons (Fsp3) is 0.357. The molecule has 0 aliphatic carbocycles. The van der Waals surface area contributed by atoms with Crippen LogP contribution in [0.2, 0.25) is 5.02 Å². The first kappa shape index (κ1) is 33.6. The van der Waals surface area contributed by atoms with Crippen LogP contribution in [0.1, 0.15) is 36.8 Å². The number of pyridine rings is 1. The molecule has 0 radical (unpaired) electrons. The van der Waals surface area contributed by atoms with Crippen molar-refractivity contribution >= 4 is 17.5 Å². The van der Waals surface area contributed by atoms with Crippen molar-refractivity contribution in [1.29, 1.82) is 0 Å². The van der Waals surface area contributed by atoms with Gasteiger partial charge in [0.05, 0.1) is 37.6 Å². The molecule has 41 heavy (non-hydrogen) atoms. The molecule has 1 amide bonds. The highest BCUT2D eigenvalue weighted by atomic mass is 35.5. The number of aliphatic hydroxyl groups is 1. The van der Waals surface area contributed by atoms with Gasteiger partial charge in [-0.3, -0.25) is 4.79 Å². The van der Waals surface area contributed by atoms with E-state index >= 15 is 4.39 Å². The lowest BCUT2D eigenvalue weighted by Gasteiger charge is -2.28. The fourth-order valence-corrected chi connectivity index (χ4v) is 3.64. The highest BCUT2D eigenvalue weighted by molar-refractivity contribution is 6.31. The van der Waals surface area contributed by atoms with Gasteiger partial charge in [0, 0.05) is 11.1 Å². The number of halogens is 6. The lowest BCUT2D eigenvalue weighted by Crippen LogP contribution is -2.48. The smallest absolute Gasteiger partial charge is 0.430 e. The minimum Gasteiger partial charge on any atom is -0.494 e. The van der Waals surface area contributed by atoms with Crippen LogP contribution >= 0.6 is 11.6 Å². The Hall–Kier alpha value is -3.64. The Kier molecular flexibility index (Phi) is 11.7. The lowest BCUT2D eigenvalue weighted by atomic mass is 9.98. The van der Waals surface area contributed by atoms with Crippen molar-refractivity contribution in [3.8, 4) is 28.5 Å². The van der Waals surface area contributed by atoms with Gasteiger partial charge in [-0.1, -0.05) is 25.4 Å². The summed E-state index contributed by atoms with van der Waals surface area (Å²) in [6.45, 7) is 3.91. The Morgan fingerprint density at radius 3 is 2.20 bits per heavy atom. The summed E-state index contributed by atoms with van der Waals surface area (Å²) in [7, 11) is 2.51. The highest BCUT2D eigenvalue weighted by Gasteiger charge is 2.58. The standard InChI is InChI=1S/C26H24ClF5N2O5.C2H6/c1-14(35)12-39-19-7-5-16(11-21(19)38-3)24(36)33-13-25(29,26(30,31)32)22-9-8-20(37-2)23(34-22)15-4-6-18(28)17(27)10-15;1-2/h4-11,14,35H,12-13H2,1-3H3,(H,33,36);1-2H3. The van der Waals surface area contributed by atoms with Gasteiger partial charge >= 0.3 is 6.18 Å². The third-order valence-corrected chi connectivity index (χ3v) is 5.81. The second-order valence-corrected chi connectivity index (χ2v) is 8.79. The Morgan fingerprint density at radius 2 is 1.63 bits per heavy atom. The molecule has 0 saturated heterocycles. The number of methoxy groups -OCH3 is 2. The van der Waals surface area contributed by atoms with Crippen LogP contribution in [0, 0.1) is 5.82 Å². The molecule has 0 fully saturated rings. The number of benzene rings is 2. The largest absolute Gasteiger partial charge is 0.494 e. The summed E-state index contributed by atoms with van der Waals surface area (Å²) in [4.78, 5) is 16.5. The fourth-order valence-electron chi connectivity index (χ4n) is 3.46. The van der Waals surface area contributed by atoms with Gasteiger partial charge in [0.25, 0.3) is 11.6 Å². The number of nitrogens with one attached hydrogen (secondary N) is 1. The lowest BCUT2D eigenvalue weighted by molar-refractivity contribution is -0.234. The number of carbonyl (C=O) groups is 1. The number of carbonyl (C=O) groups excluding carboxylic acids is 1. The van der Waals surface area contributed by atoms with Crippen molar-refractivity contribution in [1.82, 2.24) is 10.3 Å². The summed E-state index contributed by atoms with van der Waals surface area (Å²) in [5.41, 5.74) is -5.44. The van der Waals surface area contributed by atoms with E-state index in [4.69, 9.17) is 25.8 Å². The van der Waals surface area contributed by atoms with Gasteiger partial charge in [-0.25, -0.2) is 13.8 Å². The van der Waals surface area contributed by atoms with E-state index in [1.165, 1.54) is 45.4 Å². The van der Waals surface area contributed by atoms with Crippen LogP contribution in [0.3, 0.4) is 0 Å². The zero-order chi connectivity index (χ0) is 31.0. The van der Waals surface area contributed by atoms with Gasteiger partial charge in [0.15, 0.2) is 11.5 Å². The van der Waals surface area contributed by atoms with E-state index < -0.39 is 41.9 Å². The van der Waals surface area contributed by atoms with Crippen molar-refractivity contribution in [2.75, 3.05) is 27.4 Å². The van der Waals surface area contributed by atoms with Crippen molar-refractivity contribution in [3.05, 3.63) is 70.6 Å². The molecule has 3 aromatic rings. The maximum atomic E-state index is 15.8. The van der Waals surface area contributed by atoms with Crippen LogP contribution in [0.25, 0.3) is 11.3 Å². The Morgan fingerprint density at radius 1 is 1.00 bits per heavy atom. The molecular weight excluding hydrogens is 575 g/mol. The number of ether oxygens (including phenoxy) is 3. The Balaban J connectivity index is 0.00000287. The third-order valence-electron chi connectivity index (χ3n) is 5.52. The molecule has 0 bridgehead atoms. The van der Waals surface area contributed by atoms with E-state index in [1.54, 1.807) is 0 Å². The maximum Gasteiger partial charge on any atom is 0.430 e. The number of hydrogen-bond donors (Lipinski definition) is 2. The summed E-state index contributed by atoms with van der Waals surface area (Å²) in [5, 5.41) is 11.0. The molecule has 0 aliphatic heterocycles. The molecule has 2 atom stereocenters. The van der Waals surface area contributed by atoms with E-state index in [0.29, 0.717) is 0 Å². The number of aliphatic hydroxyl groups excluding tert-OH is 1. The summed E-state index contributed by atoms with van der Waals surface area (Å²) < 4.78 is 87.2. The van der Waals surface area contributed by atoms with E-state index in [9.17, 15) is 27.5 Å². The first-order valence-electron chi connectivity index (χ1n) is 12.3. The molecule has 3 rings (SSSR count). The quantitative estimate of drug-likeness (QED) is 0.257. The van der Waals surface area contributed by atoms with E-state index in [1.807, 2.05) is 19.2 Å². The second-order valence-electron chi connectivity index (χ2n) is 8.38. The molecule has 1 aromatic heterocycles. The van der Waals surface area contributed by atoms with E-state index in [2.05, 4.69) is 4.98 Å². The van der Waals surface area contributed by atoms with Crippen LogP contribution in [-0.4, -0.2) is 55.6 Å². The van der Waals surface area contributed by atoms with Crippen LogP contribution < -0.4 is 19.5 Å². The van der Waals surface area contributed by atoms with Gasteiger partial charge in [0.1, 0.15) is 23.9 Å². The zero-order valence-electron chi connectivity index (χ0n) is 22.9. The molecule has 2 N–H and O–H groups in total. The third kappa shape index (κ3) is 7.98. The number of alkyl halides is 4. The maximum absolute atomic E-state index is 15.8. The second kappa shape index (κ2) is 14.3. The van der Waals surface area contributed by atoms with Gasteiger partial charge in [-0.2, -0.15) is 13.2 Å². The average Bonchev–Trinajstić information content (AvgIpc) is 2.95. The van der Waals surface area contributed by atoms with Crippen molar-refractivity contribution < 1.29 is 46.1 Å². The summed E-state index contributed by atoms with van der Waals surface area (Å²) in [5.74, 6) is -1.56. The molecule has 7 nitrogen and oxygen atoms in total. The number of amides is 1. The predicted octanol–water partition coefficient (Wildman–Crippen LogP) is 6.50. The summed E-state index contributed by atoms with van der Waals surface area (Å²) in [6.07, 6.45) is -6.28. The summed E-state index contributed by atoms with van der Waals surface area (Å²) >= 11 is 5.79. The molecule has 2 unspecified atom stereocenters. The van der Waals surface area contributed by atoms with E-state index in [0.717, 1.165) is 24.3 Å². The SMILES string of the molecule is CC.COc1cc(C(=O)NCC(F)(c2ccc(OC)c(-c3ccc(F)c(Cl)c3)n2)C(F)(F)F)ccc1OCC(C)O. The van der Waals surface area contributed by atoms with Crippen LogP contribution in [0.15, 0.2) is 48.5 Å². The minimum absolute atomic E-state index is 0.0139. The monoisotopic (exact) mass is 604 g/mol. The number of rotatable bonds is 10. The molecule has 0 saturated carbocycles. The molecule has 1 heterocycles. The van der Waals surface area contributed by atoms with Gasteiger partial charge < -0.3 is 24.6 Å². The zero-order valence-corrected chi connectivity index (χ0v) is 23.7. The molecule has 0 spiro atoms. The molecule has 0 aliphatic rings. The molecule has 2 aromatic carbocycles. The van der Waals surface area contributed by atoms with Crippen molar-refractivity contribution in [3.63, 3.8) is 0 Å². The van der Waals surface area contributed by atoms with Crippen LogP contribution in [0.5, 0.6) is 17.2 Å². The molecule has 224 valence electrons. The Labute approximate surface area is 239 Å². The first-order valence-corrected chi connectivity index (χ1v) is 12.7. The minimum atomic E-state index is -5.49. The van der Waals surface area contributed by atoms with Crippen molar-refractivity contribution in [2.45, 2.75) is 38.7 Å². The number of nitrogens with zero attached hydrogens (tertiary/aromatic N) is 1. The van der Waals surface area contributed by atoms with E-state index in [-0.39, 0.29) is 45.7 Å². The number of aromatic nitrogens is 1.